The van der Waals surface area contributed by atoms with Crippen molar-refractivity contribution >= 4 is 11.9 Å². The van der Waals surface area contributed by atoms with Crippen LogP contribution < -0.4 is 10.6 Å². The number of hydrogen-bond acceptors (Lipinski definition) is 3. The number of rotatable bonds is 4. The highest BCUT2D eigenvalue weighted by molar-refractivity contribution is 5.88. The summed E-state index contributed by atoms with van der Waals surface area (Å²) in [5.74, 6) is -1.11. The molecule has 1 unspecified atom stereocenters. The molecule has 0 bridgehead atoms. The van der Waals surface area contributed by atoms with Gasteiger partial charge in [-0.2, -0.15) is 0 Å². The van der Waals surface area contributed by atoms with E-state index in [1.54, 1.807) is 0 Å². The second kappa shape index (κ2) is 5.90. The zero-order valence-corrected chi connectivity index (χ0v) is 12.4. The molecule has 5 nitrogen and oxygen atoms in total. The number of piperidine rings is 1. The largest absolute Gasteiger partial charge is 0.480 e. The lowest BCUT2D eigenvalue weighted by Gasteiger charge is -2.38. The highest BCUT2D eigenvalue weighted by atomic mass is 16.4. The summed E-state index contributed by atoms with van der Waals surface area (Å²) in [6.45, 7) is 9.01. The molecule has 1 heterocycles. The van der Waals surface area contributed by atoms with Crippen LogP contribution in [0, 0.1) is 10.8 Å². The summed E-state index contributed by atoms with van der Waals surface area (Å²) in [6, 6.07) is -0.856. The zero-order valence-electron chi connectivity index (χ0n) is 12.4. The Morgan fingerprint density at radius 1 is 1.42 bits per heavy atom. The first kappa shape index (κ1) is 16.0. The van der Waals surface area contributed by atoms with Gasteiger partial charge in [0.25, 0.3) is 0 Å². The van der Waals surface area contributed by atoms with Crippen molar-refractivity contribution < 1.29 is 14.7 Å². The Balaban J connectivity index is 2.83. The van der Waals surface area contributed by atoms with Gasteiger partial charge in [-0.3, -0.25) is 4.79 Å². The van der Waals surface area contributed by atoms with Crippen LogP contribution in [0.3, 0.4) is 0 Å². The van der Waals surface area contributed by atoms with E-state index in [0.29, 0.717) is 6.54 Å². The van der Waals surface area contributed by atoms with E-state index >= 15 is 0 Å². The van der Waals surface area contributed by atoms with Crippen LogP contribution in [0.2, 0.25) is 0 Å². The standard InChI is InChI=1S/C14H26N2O3/c1-5-14(7-6-8-15-9-14)12(19)16-10(11(17)18)13(2,3)4/h10,15H,5-9H2,1-4H3,(H,16,19)(H,17,18)/t10-,14?/m1/s1. The predicted octanol–water partition coefficient (Wildman–Crippen LogP) is 1.38. The molecular formula is C14H26N2O3. The lowest BCUT2D eigenvalue weighted by Crippen LogP contribution is -2.57. The fraction of sp³-hybridized carbons (Fsp3) is 0.857. The van der Waals surface area contributed by atoms with E-state index < -0.39 is 22.8 Å². The highest BCUT2D eigenvalue weighted by Crippen LogP contribution is 2.31. The van der Waals surface area contributed by atoms with Gasteiger partial charge in [-0.15, -0.1) is 0 Å². The van der Waals surface area contributed by atoms with E-state index in [1.807, 2.05) is 27.7 Å². The number of nitrogens with one attached hydrogen (secondary N) is 2. The fourth-order valence-electron chi connectivity index (χ4n) is 2.56. The van der Waals surface area contributed by atoms with Crippen molar-refractivity contribution in [1.82, 2.24) is 10.6 Å². The number of carboxylic acid groups (broad SMARTS) is 1. The molecule has 1 aliphatic rings. The number of aliphatic carboxylic acids is 1. The smallest absolute Gasteiger partial charge is 0.326 e. The average molecular weight is 270 g/mol. The van der Waals surface area contributed by atoms with Crippen molar-refractivity contribution in [2.75, 3.05) is 13.1 Å². The van der Waals surface area contributed by atoms with Gasteiger partial charge in [-0.25, -0.2) is 4.79 Å². The van der Waals surface area contributed by atoms with Crippen molar-refractivity contribution in [3.63, 3.8) is 0 Å². The third kappa shape index (κ3) is 3.69. The molecule has 5 heteroatoms. The minimum atomic E-state index is -0.976. The van der Waals surface area contributed by atoms with Crippen LogP contribution in [-0.4, -0.2) is 36.1 Å². The van der Waals surface area contributed by atoms with Crippen molar-refractivity contribution in [2.24, 2.45) is 10.8 Å². The molecule has 0 saturated carbocycles. The maximum atomic E-state index is 12.5. The molecule has 1 rings (SSSR count). The molecule has 110 valence electrons. The average Bonchev–Trinajstić information content (AvgIpc) is 2.34. The van der Waals surface area contributed by atoms with Crippen LogP contribution in [0.25, 0.3) is 0 Å². The molecule has 1 saturated heterocycles. The van der Waals surface area contributed by atoms with Crippen LogP contribution in [0.4, 0.5) is 0 Å². The highest BCUT2D eigenvalue weighted by Gasteiger charge is 2.41. The normalized spacial score (nSPS) is 25.7. The van der Waals surface area contributed by atoms with E-state index in [-0.39, 0.29) is 5.91 Å². The van der Waals surface area contributed by atoms with E-state index in [1.165, 1.54) is 0 Å². The molecule has 0 aliphatic carbocycles. The Bertz CT molecular complexity index is 341. The molecule has 0 aromatic heterocycles. The first-order chi connectivity index (χ1) is 8.73. The number of amides is 1. The van der Waals surface area contributed by atoms with Gasteiger partial charge in [0.1, 0.15) is 6.04 Å². The fourth-order valence-corrected chi connectivity index (χ4v) is 2.56. The van der Waals surface area contributed by atoms with E-state index in [2.05, 4.69) is 10.6 Å². The molecule has 0 aromatic carbocycles. The molecule has 0 radical (unpaired) electrons. The first-order valence-electron chi connectivity index (χ1n) is 6.97. The van der Waals surface area contributed by atoms with E-state index in [4.69, 9.17) is 0 Å². The number of hydrogen-bond donors (Lipinski definition) is 3. The van der Waals surface area contributed by atoms with Gasteiger partial charge < -0.3 is 15.7 Å². The third-order valence-corrected chi connectivity index (χ3v) is 4.02. The van der Waals surface area contributed by atoms with E-state index in [0.717, 1.165) is 25.8 Å². The number of carbonyl (C=O) groups is 2. The molecule has 0 spiro atoms. The van der Waals surface area contributed by atoms with Crippen molar-refractivity contribution in [3.05, 3.63) is 0 Å². The van der Waals surface area contributed by atoms with Crippen LogP contribution in [0.1, 0.15) is 47.0 Å². The molecule has 1 aliphatic heterocycles. The molecule has 0 aromatic rings. The Morgan fingerprint density at radius 3 is 2.42 bits per heavy atom. The maximum absolute atomic E-state index is 12.5. The van der Waals surface area contributed by atoms with Crippen molar-refractivity contribution in [1.29, 1.82) is 0 Å². The van der Waals surface area contributed by atoms with Crippen LogP contribution >= 0.6 is 0 Å². The van der Waals surface area contributed by atoms with Gasteiger partial charge in [0.15, 0.2) is 0 Å². The first-order valence-corrected chi connectivity index (χ1v) is 6.97. The zero-order chi connectivity index (χ0) is 14.7. The maximum Gasteiger partial charge on any atom is 0.326 e. The summed E-state index contributed by atoms with van der Waals surface area (Å²) in [7, 11) is 0. The number of carboxylic acids is 1. The van der Waals surface area contributed by atoms with Gasteiger partial charge in [0.05, 0.1) is 5.41 Å². The molecule has 3 N–H and O–H groups in total. The predicted molar refractivity (Wildman–Crippen MR) is 73.8 cm³/mol. The summed E-state index contributed by atoms with van der Waals surface area (Å²) in [5.41, 5.74) is -0.963. The van der Waals surface area contributed by atoms with Crippen molar-refractivity contribution in [2.45, 2.75) is 53.0 Å². The van der Waals surface area contributed by atoms with Gasteiger partial charge in [-0.1, -0.05) is 27.7 Å². The summed E-state index contributed by atoms with van der Waals surface area (Å²) in [5, 5.41) is 15.3. The lowest BCUT2D eigenvalue weighted by atomic mass is 9.76. The van der Waals surface area contributed by atoms with E-state index in [9.17, 15) is 14.7 Å². The minimum Gasteiger partial charge on any atom is -0.480 e. The second-order valence-electron chi connectivity index (χ2n) is 6.52. The Hall–Kier alpha value is -1.10. The summed E-state index contributed by atoms with van der Waals surface area (Å²) in [4.78, 5) is 23.8. The Morgan fingerprint density at radius 2 is 2.05 bits per heavy atom. The quantitative estimate of drug-likeness (QED) is 0.721. The van der Waals surface area contributed by atoms with Gasteiger partial charge in [-0.05, 0) is 31.2 Å². The van der Waals surface area contributed by atoms with Gasteiger partial charge in [0.2, 0.25) is 5.91 Å². The molecular weight excluding hydrogens is 244 g/mol. The summed E-state index contributed by atoms with van der Waals surface area (Å²) in [6.07, 6.45) is 2.50. The van der Waals surface area contributed by atoms with Crippen LogP contribution in [0.5, 0.6) is 0 Å². The minimum absolute atomic E-state index is 0.135. The second-order valence-corrected chi connectivity index (χ2v) is 6.52. The van der Waals surface area contributed by atoms with Crippen LogP contribution in [0.15, 0.2) is 0 Å². The summed E-state index contributed by atoms with van der Waals surface area (Å²) < 4.78 is 0. The number of carbonyl (C=O) groups excluding carboxylic acids is 1. The molecule has 1 fully saturated rings. The van der Waals surface area contributed by atoms with Crippen molar-refractivity contribution in [3.8, 4) is 0 Å². The SMILES string of the molecule is CCC1(C(=O)N[C@H](C(=O)O)C(C)(C)C)CCCNC1. The summed E-state index contributed by atoms with van der Waals surface area (Å²) >= 11 is 0. The van der Waals surface area contributed by atoms with Gasteiger partial charge >= 0.3 is 5.97 Å². The molecule has 2 atom stereocenters. The van der Waals surface area contributed by atoms with Crippen LogP contribution in [-0.2, 0) is 9.59 Å². The third-order valence-electron chi connectivity index (χ3n) is 4.02. The molecule has 1 amide bonds. The Kier molecular flexibility index (Phi) is 4.96. The molecule has 19 heavy (non-hydrogen) atoms. The monoisotopic (exact) mass is 270 g/mol. The van der Waals surface area contributed by atoms with Gasteiger partial charge in [0, 0.05) is 6.54 Å². The lowest BCUT2D eigenvalue weighted by molar-refractivity contribution is -0.147. The topological polar surface area (TPSA) is 78.4 Å². The Labute approximate surface area is 115 Å².